The summed E-state index contributed by atoms with van der Waals surface area (Å²) in [6, 6.07) is 7.63. The van der Waals surface area contributed by atoms with Gasteiger partial charge in [0.15, 0.2) is 5.03 Å². The van der Waals surface area contributed by atoms with Crippen molar-refractivity contribution in [2.75, 3.05) is 0 Å². The van der Waals surface area contributed by atoms with Crippen molar-refractivity contribution in [3.05, 3.63) is 35.5 Å². The number of hydrogen-bond acceptors (Lipinski definition) is 3. The van der Waals surface area contributed by atoms with Crippen molar-refractivity contribution in [3.8, 4) is 0 Å². The molecule has 1 heterocycles. The van der Waals surface area contributed by atoms with Crippen LogP contribution < -0.4 is 0 Å². The largest absolute Gasteiger partial charge is 0.247 e. The molecule has 0 bridgehead atoms. The molecule has 0 spiro atoms. The molecule has 0 fully saturated rings. The molecule has 0 aliphatic rings. The normalized spacial score (nSPS) is 13.6. The zero-order valence-corrected chi connectivity index (χ0v) is 11.8. The van der Waals surface area contributed by atoms with Gasteiger partial charge in [-0.3, -0.25) is 0 Å². The van der Waals surface area contributed by atoms with Crippen molar-refractivity contribution in [1.29, 1.82) is 0 Å². The van der Waals surface area contributed by atoms with Crippen molar-refractivity contribution in [1.82, 2.24) is 15.4 Å². The van der Waals surface area contributed by atoms with Gasteiger partial charge in [0, 0.05) is 10.3 Å². The third-order valence-corrected chi connectivity index (χ3v) is 3.97. The molecule has 1 aromatic carbocycles. The van der Waals surface area contributed by atoms with Gasteiger partial charge in [-0.05, 0) is 19.1 Å². The van der Waals surface area contributed by atoms with Crippen LogP contribution in [0.4, 0.5) is 0 Å². The standard InChI is InChI=1S/C13H17N3OS/c1-9-5-7-10(8-6-9)18(17)12-11(13(2,3)4)14-16-15-12/h5-8H,1-4H3,(H,14,15,16)/t18-/m0/s1. The highest BCUT2D eigenvalue weighted by Crippen LogP contribution is 2.26. The summed E-state index contributed by atoms with van der Waals surface area (Å²) < 4.78 is 12.5. The summed E-state index contributed by atoms with van der Waals surface area (Å²) in [5.41, 5.74) is 1.72. The highest BCUT2D eigenvalue weighted by Gasteiger charge is 2.26. The molecule has 0 aliphatic carbocycles. The Morgan fingerprint density at radius 1 is 1.11 bits per heavy atom. The van der Waals surface area contributed by atoms with Crippen LogP contribution in [0.2, 0.25) is 0 Å². The van der Waals surface area contributed by atoms with Crippen LogP contribution in [-0.2, 0) is 16.2 Å². The van der Waals surface area contributed by atoms with E-state index in [9.17, 15) is 4.21 Å². The maximum atomic E-state index is 12.5. The van der Waals surface area contributed by atoms with E-state index in [2.05, 4.69) is 15.4 Å². The highest BCUT2D eigenvalue weighted by atomic mass is 32.2. The Morgan fingerprint density at radius 3 is 2.28 bits per heavy atom. The van der Waals surface area contributed by atoms with Crippen LogP contribution in [0.15, 0.2) is 34.2 Å². The van der Waals surface area contributed by atoms with Gasteiger partial charge in [0.05, 0.1) is 0 Å². The van der Waals surface area contributed by atoms with Gasteiger partial charge >= 0.3 is 0 Å². The Balaban J connectivity index is 2.41. The molecular formula is C13H17N3OS. The molecule has 0 saturated carbocycles. The van der Waals surface area contributed by atoms with Crippen LogP contribution in [0.5, 0.6) is 0 Å². The minimum atomic E-state index is -1.29. The first-order chi connectivity index (χ1) is 8.39. The summed E-state index contributed by atoms with van der Waals surface area (Å²) in [7, 11) is -1.29. The first kappa shape index (κ1) is 13.0. The van der Waals surface area contributed by atoms with Gasteiger partial charge in [0.1, 0.15) is 16.5 Å². The highest BCUT2D eigenvalue weighted by molar-refractivity contribution is 7.85. The van der Waals surface area contributed by atoms with Crippen molar-refractivity contribution in [2.45, 2.75) is 43.0 Å². The number of benzene rings is 1. The molecule has 1 atom stereocenters. The maximum absolute atomic E-state index is 12.5. The summed E-state index contributed by atoms with van der Waals surface area (Å²) in [5.74, 6) is 0. The van der Waals surface area contributed by atoms with E-state index in [4.69, 9.17) is 0 Å². The summed E-state index contributed by atoms with van der Waals surface area (Å²) >= 11 is 0. The first-order valence-electron chi connectivity index (χ1n) is 5.79. The second-order valence-electron chi connectivity index (χ2n) is 5.31. The molecule has 4 nitrogen and oxygen atoms in total. The van der Waals surface area contributed by atoms with Gasteiger partial charge in [-0.2, -0.15) is 10.3 Å². The van der Waals surface area contributed by atoms with E-state index >= 15 is 0 Å². The third-order valence-electron chi connectivity index (χ3n) is 2.64. The summed E-state index contributed by atoms with van der Waals surface area (Å²) in [4.78, 5) is 0.750. The second-order valence-corrected chi connectivity index (χ2v) is 6.70. The van der Waals surface area contributed by atoms with E-state index in [-0.39, 0.29) is 5.41 Å². The average Bonchev–Trinajstić information content (AvgIpc) is 2.77. The van der Waals surface area contributed by atoms with Crippen molar-refractivity contribution >= 4 is 10.8 Å². The van der Waals surface area contributed by atoms with Crippen LogP contribution in [0.25, 0.3) is 0 Å². The van der Waals surface area contributed by atoms with Crippen molar-refractivity contribution in [3.63, 3.8) is 0 Å². The Kier molecular flexibility index (Phi) is 3.34. The molecule has 0 aliphatic heterocycles. The quantitative estimate of drug-likeness (QED) is 0.906. The number of aromatic nitrogens is 3. The van der Waals surface area contributed by atoms with Gasteiger partial charge < -0.3 is 0 Å². The number of hydrogen-bond donors (Lipinski definition) is 1. The number of aromatic amines is 1. The number of nitrogens with one attached hydrogen (secondary N) is 1. The molecule has 0 amide bonds. The average molecular weight is 263 g/mol. The maximum Gasteiger partial charge on any atom is 0.177 e. The third kappa shape index (κ3) is 2.51. The van der Waals surface area contributed by atoms with E-state index in [0.29, 0.717) is 5.03 Å². The molecule has 1 N–H and O–H groups in total. The lowest BCUT2D eigenvalue weighted by Crippen LogP contribution is -2.15. The molecule has 2 rings (SSSR count). The molecule has 5 heteroatoms. The van der Waals surface area contributed by atoms with E-state index in [1.165, 1.54) is 0 Å². The fraction of sp³-hybridized carbons (Fsp3) is 0.385. The van der Waals surface area contributed by atoms with Gasteiger partial charge in [-0.25, -0.2) is 4.21 Å². The Morgan fingerprint density at radius 2 is 1.72 bits per heavy atom. The van der Waals surface area contributed by atoms with Crippen LogP contribution in [0, 0.1) is 6.92 Å². The van der Waals surface area contributed by atoms with E-state index in [1.54, 1.807) is 0 Å². The summed E-state index contributed by atoms with van der Waals surface area (Å²) in [6.45, 7) is 8.09. The molecule has 0 unspecified atom stereocenters. The fourth-order valence-electron chi connectivity index (χ4n) is 1.61. The fourth-order valence-corrected chi connectivity index (χ4v) is 2.87. The molecule has 1 aromatic heterocycles. The topological polar surface area (TPSA) is 58.6 Å². The lowest BCUT2D eigenvalue weighted by molar-refractivity contribution is 0.553. The first-order valence-corrected chi connectivity index (χ1v) is 6.94. The Labute approximate surface area is 109 Å². The van der Waals surface area contributed by atoms with Gasteiger partial charge in [0.25, 0.3) is 0 Å². The minimum absolute atomic E-state index is 0.178. The summed E-state index contributed by atoms with van der Waals surface area (Å²) in [6.07, 6.45) is 0. The SMILES string of the molecule is Cc1ccc([S@](=O)c2n[nH]nc2C(C)(C)C)cc1. The molecular weight excluding hydrogens is 246 g/mol. The summed E-state index contributed by atoms with van der Waals surface area (Å²) in [5, 5.41) is 11.3. The van der Waals surface area contributed by atoms with Gasteiger partial charge in [0.2, 0.25) is 0 Å². The molecule has 96 valence electrons. The zero-order valence-electron chi connectivity index (χ0n) is 11.0. The van der Waals surface area contributed by atoms with Crippen LogP contribution in [0.3, 0.4) is 0 Å². The van der Waals surface area contributed by atoms with Crippen molar-refractivity contribution in [2.24, 2.45) is 0 Å². The number of rotatable bonds is 2. The second kappa shape index (κ2) is 4.65. The monoisotopic (exact) mass is 263 g/mol. The molecule has 2 aromatic rings. The van der Waals surface area contributed by atoms with Crippen LogP contribution >= 0.6 is 0 Å². The van der Waals surface area contributed by atoms with Crippen LogP contribution in [-0.4, -0.2) is 19.6 Å². The van der Waals surface area contributed by atoms with Gasteiger partial charge in [-0.1, -0.05) is 38.5 Å². The minimum Gasteiger partial charge on any atom is -0.247 e. The Hall–Kier alpha value is -1.49. The number of H-pyrrole nitrogens is 1. The van der Waals surface area contributed by atoms with E-state index in [1.807, 2.05) is 52.0 Å². The lowest BCUT2D eigenvalue weighted by atomic mass is 9.93. The molecule has 0 radical (unpaired) electrons. The van der Waals surface area contributed by atoms with Gasteiger partial charge in [-0.15, -0.1) is 5.10 Å². The molecule has 18 heavy (non-hydrogen) atoms. The predicted octanol–water partition coefficient (Wildman–Crippen LogP) is 2.58. The van der Waals surface area contributed by atoms with Crippen LogP contribution in [0.1, 0.15) is 32.0 Å². The number of nitrogens with zero attached hydrogens (tertiary/aromatic N) is 2. The predicted molar refractivity (Wildman–Crippen MR) is 70.9 cm³/mol. The van der Waals surface area contributed by atoms with E-state index in [0.717, 1.165) is 16.2 Å². The Bertz CT molecular complexity index is 567. The lowest BCUT2D eigenvalue weighted by Gasteiger charge is -2.15. The van der Waals surface area contributed by atoms with Crippen molar-refractivity contribution < 1.29 is 4.21 Å². The zero-order chi connectivity index (χ0) is 13.3. The number of aryl methyl sites for hydroxylation is 1. The smallest absolute Gasteiger partial charge is 0.177 e. The molecule has 0 saturated heterocycles. The van der Waals surface area contributed by atoms with E-state index < -0.39 is 10.8 Å².